The molecule has 0 aliphatic carbocycles. The highest BCUT2D eigenvalue weighted by molar-refractivity contribution is 7.89. The van der Waals surface area contributed by atoms with E-state index in [-0.39, 0.29) is 5.75 Å². The highest BCUT2D eigenvalue weighted by Crippen LogP contribution is 2.05. The molecule has 0 saturated carbocycles. The second kappa shape index (κ2) is 6.43. The zero-order chi connectivity index (χ0) is 9.45. The zero-order valence-electron chi connectivity index (χ0n) is 7.75. The Balaban J connectivity index is 3.12. The van der Waals surface area contributed by atoms with Crippen LogP contribution in [0.4, 0.5) is 0 Å². The van der Waals surface area contributed by atoms with Gasteiger partial charge in [-0.3, -0.25) is 0 Å². The average Bonchev–Trinajstić information content (AvgIpc) is 1.94. The summed E-state index contributed by atoms with van der Waals surface area (Å²) in [6, 6.07) is 0. The molecular weight excluding hydrogens is 182 g/mol. The van der Waals surface area contributed by atoms with Crippen molar-refractivity contribution >= 4 is 10.0 Å². The van der Waals surface area contributed by atoms with Crippen LogP contribution < -0.4 is 5.14 Å². The van der Waals surface area contributed by atoms with E-state index in [1.165, 1.54) is 19.3 Å². The quantitative estimate of drug-likeness (QED) is 0.502. The van der Waals surface area contributed by atoms with E-state index in [0.717, 1.165) is 12.8 Å². The predicted molar refractivity (Wildman–Crippen MR) is 51.4 cm³/mol. The van der Waals surface area contributed by atoms with Crippen molar-refractivity contribution in [2.24, 2.45) is 5.14 Å². The molecule has 3 nitrogen and oxygen atoms in total. The molecule has 0 saturated heterocycles. The van der Waals surface area contributed by atoms with Gasteiger partial charge < -0.3 is 0 Å². The first-order valence-electron chi connectivity index (χ1n) is 4.56. The minimum absolute atomic E-state index is 0.138. The highest BCUT2D eigenvalue weighted by Gasteiger charge is 2.00. The topological polar surface area (TPSA) is 60.2 Å². The summed E-state index contributed by atoms with van der Waals surface area (Å²) in [6.07, 6.45) is 6.49. The lowest BCUT2D eigenvalue weighted by Gasteiger charge is -1.98. The smallest absolute Gasteiger partial charge is 0.209 e. The molecule has 2 N–H and O–H groups in total. The standard InChI is InChI=1S/C8H19NO2S/c1-2-3-4-5-6-7-8-12(9,10)11/h2-8H2,1H3,(H2,9,10,11)/i1+1,2+1,3+1,4+1,5+1,6+1,7+1,8+1. The summed E-state index contributed by atoms with van der Waals surface area (Å²) in [5, 5.41) is 4.85. The Morgan fingerprint density at radius 1 is 1.00 bits per heavy atom. The molecule has 12 heavy (non-hydrogen) atoms. The van der Waals surface area contributed by atoms with Crippen LogP contribution in [0.1, 0.15) is 45.4 Å². The van der Waals surface area contributed by atoms with Crippen molar-refractivity contribution in [2.75, 3.05) is 5.75 Å². The SMILES string of the molecule is [13CH3][13CH2][13CH2][13CH2][13CH2][13CH2][13CH2][13CH2]S(N)(=O)=O. The lowest BCUT2D eigenvalue weighted by Crippen LogP contribution is -2.16. The van der Waals surface area contributed by atoms with Gasteiger partial charge in [0.25, 0.3) is 0 Å². The first-order chi connectivity index (χ1) is 5.56. The molecule has 4 heteroatoms. The van der Waals surface area contributed by atoms with Gasteiger partial charge in [-0.25, -0.2) is 13.6 Å². The van der Waals surface area contributed by atoms with Gasteiger partial charge in [-0.05, 0) is 6.42 Å². The van der Waals surface area contributed by atoms with Gasteiger partial charge in [0.1, 0.15) is 0 Å². The molecule has 0 aliphatic heterocycles. The third kappa shape index (κ3) is 9.91. The molecule has 0 aromatic carbocycles. The minimum atomic E-state index is -3.22. The Labute approximate surface area is 75.4 Å². The van der Waals surface area contributed by atoms with Crippen LogP contribution in [0.3, 0.4) is 0 Å². The van der Waals surface area contributed by atoms with Crippen LogP contribution in [0.5, 0.6) is 0 Å². The van der Waals surface area contributed by atoms with Crippen molar-refractivity contribution in [1.82, 2.24) is 0 Å². The number of hydrogen-bond acceptors (Lipinski definition) is 2. The third-order valence-electron chi connectivity index (χ3n) is 1.78. The average molecular weight is 201 g/mol. The van der Waals surface area contributed by atoms with E-state index in [1.54, 1.807) is 0 Å². The van der Waals surface area contributed by atoms with Crippen LogP contribution >= 0.6 is 0 Å². The first kappa shape index (κ1) is 11.9. The van der Waals surface area contributed by atoms with Crippen molar-refractivity contribution in [3.05, 3.63) is 0 Å². The van der Waals surface area contributed by atoms with Gasteiger partial charge in [0.05, 0.1) is 5.75 Å². The lowest BCUT2D eigenvalue weighted by atomic mass is 11.1. The van der Waals surface area contributed by atoms with Crippen LogP contribution in [-0.4, -0.2) is 14.2 Å². The molecule has 0 rings (SSSR count). The van der Waals surface area contributed by atoms with Crippen molar-refractivity contribution < 1.29 is 8.42 Å². The summed E-state index contributed by atoms with van der Waals surface area (Å²) < 4.78 is 21.0. The van der Waals surface area contributed by atoms with Gasteiger partial charge in [-0.15, -0.1) is 0 Å². The maximum atomic E-state index is 10.5. The zero-order valence-corrected chi connectivity index (χ0v) is 8.57. The molecule has 0 heterocycles. The molecule has 0 aromatic heterocycles. The summed E-state index contributed by atoms with van der Waals surface area (Å²) in [5.41, 5.74) is 0. The van der Waals surface area contributed by atoms with Crippen LogP contribution in [0, 0.1) is 0 Å². The lowest BCUT2D eigenvalue weighted by molar-refractivity contribution is 0.585. The molecular formula is C8H19NO2S. The van der Waals surface area contributed by atoms with E-state index >= 15 is 0 Å². The minimum Gasteiger partial charge on any atom is -0.229 e. The summed E-state index contributed by atoms with van der Waals surface area (Å²) in [5.74, 6) is 0.138. The van der Waals surface area contributed by atoms with Crippen LogP contribution in [0.25, 0.3) is 0 Å². The Morgan fingerprint density at radius 3 is 2.00 bits per heavy atom. The highest BCUT2D eigenvalue weighted by atomic mass is 32.2. The van der Waals surface area contributed by atoms with E-state index < -0.39 is 10.0 Å². The maximum absolute atomic E-state index is 10.5. The molecule has 0 amide bonds. The summed E-state index contributed by atoms with van der Waals surface area (Å²) in [7, 11) is -3.22. The fraction of sp³-hybridized carbons (Fsp3) is 1.00. The summed E-state index contributed by atoms with van der Waals surface area (Å²) in [6.45, 7) is 2.16. The molecule has 0 aliphatic rings. The van der Waals surface area contributed by atoms with Gasteiger partial charge in [0.2, 0.25) is 10.0 Å². The summed E-state index contributed by atoms with van der Waals surface area (Å²) in [4.78, 5) is 0. The fourth-order valence-electron chi connectivity index (χ4n) is 1.08. The Morgan fingerprint density at radius 2 is 1.50 bits per heavy atom. The van der Waals surface area contributed by atoms with Gasteiger partial charge in [0, 0.05) is 0 Å². The van der Waals surface area contributed by atoms with Crippen LogP contribution in [0.2, 0.25) is 0 Å². The number of nitrogens with two attached hydrogens (primary N) is 1. The van der Waals surface area contributed by atoms with E-state index in [9.17, 15) is 8.42 Å². The molecule has 0 fully saturated rings. The van der Waals surface area contributed by atoms with Gasteiger partial charge in [0.15, 0.2) is 0 Å². The molecule has 0 atom stereocenters. The number of primary sulfonamides is 1. The molecule has 0 aromatic rings. The molecule has 0 unspecified atom stereocenters. The maximum Gasteiger partial charge on any atom is 0.209 e. The van der Waals surface area contributed by atoms with Crippen molar-refractivity contribution in [1.29, 1.82) is 0 Å². The van der Waals surface area contributed by atoms with Gasteiger partial charge >= 0.3 is 0 Å². The third-order valence-corrected chi connectivity index (χ3v) is 2.64. The summed E-state index contributed by atoms with van der Waals surface area (Å²) >= 11 is 0. The van der Waals surface area contributed by atoms with Crippen molar-refractivity contribution in [2.45, 2.75) is 45.4 Å². The van der Waals surface area contributed by atoms with Gasteiger partial charge in [-0.2, -0.15) is 0 Å². The van der Waals surface area contributed by atoms with E-state index in [4.69, 9.17) is 5.14 Å². The van der Waals surface area contributed by atoms with E-state index in [1.807, 2.05) is 0 Å². The number of sulfonamides is 1. The number of unbranched alkanes of at least 4 members (excludes halogenated alkanes) is 5. The Hall–Kier alpha value is -0.0900. The molecule has 0 bridgehead atoms. The second-order valence-corrected chi connectivity index (χ2v) is 4.87. The van der Waals surface area contributed by atoms with Gasteiger partial charge in [-0.1, -0.05) is 39.0 Å². The molecule has 74 valence electrons. The predicted octanol–water partition coefficient (Wildman–Crippen LogP) is 1.64. The van der Waals surface area contributed by atoms with Crippen LogP contribution in [-0.2, 0) is 10.0 Å². The Bertz CT molecular complexity index is 187. The van der Waals surface area contributed by atoms with Crippen LogP contribution in [0.15, 0.2) is 0 Å². The number of hydrogen-bond donors (Lipinski definition) is 1. The monoisotopic (exact) mass is 201 g/mol. The fourth-order valence-corrected chi connectivity index (χ4v) is 1.69. The largest absolute Gasteiger partial charge is 0.229 e. The first-order valence-corrected chi connectivity index (χ1v) is 6.28. The second-order valence-electron chi connectivity index (χ2n) is 3.13. The van der Waals surface area contributed by atoms with Crippen molar-refractivity contribution in [3.8, 4) is 0 Å². The molecule has 0 spiro atoms. The van der Waals surface area contributed by atoms with E-state index in [0.29, 0.717) is 6.42 Å². The number of rotatable bonds is 7. The van der Waals surface area contributed by atoms with E-state index in [2.05, 4.69) is 6.92 Å². The molecule has 0 radical (unpaired) electrons. The normalized spacial score (nSPS) is 11.8. The van der Waals surface area contributed by atoms with Crippen molar-refractivity contribution in [3.63, 3.8) is 0 Å². The Kier molecular flexibility index (Phi) is 6.38.